The van der Waals surface area contributed by atoms with Gasteiger partial charge in [-0.05, 0) is 48.2 Å². The molecule has 0 spiro atoms. The van der Waals surface area contributed by atoms with Gasteiger partial charge >= 0.3 is 0 Å². The summed E-state index contributed by atoms with van der Waals surface area (Å²) in [5.41, 5.74) is 4.36. The molecule has 0 N–H and O–H groups in total. The molecule has 0 amide bonds. The van der Waals surface area contributed by atoms with Crippen LogP contribution >= 0.6 is 15.9 Å². The number of rotatable bonds is 4. The average Bonchev–Trinajstić information content (AvgIpc) is 2.95. The number of aryl methyl sites for hydroxylation is 2. The van der Waals surface area contributed by atoms with Gasteiger partial charge in [0.1, 0.15) is 5.75 Å². The van der Waals surface area contributed by atoms with Crippen LogP contribution in [0.3, 0.4) is 0 Å². The molecule has 2 aromatic rings. The molecule has 1 aliphatic rings. The Morgan fingerprint density at radius 2 is 2.10 bits per heavy atom. The number of hydrogen-bond donors (Lipinski definition) is 0. The molecule has 0 fully saturated rings. The summed E-state index contributed by atoms with van der Waals surface area (Å²) in [6, 6.07) is 12.0. The first-order valence-corrected chi connectivity index (χ1v) is 7.97. The summed E-state index contributed by atoms with van der Waals surface area (Å²) in [5.74, 6) is 1.19. The summed E-state index contributed by atoms with van der Waals surface area (Å²) in [6.07, 6.45) is 2.30. The van der Waals surface area contributed by atoms with E-state index in [1.54, 1.807) is 0 Å². The van der Waals surface area contributed by atoms with Gasteiger partial charge in [-0.15, -0.1) is 0 Å². The van der Waals surface area contributed by atoms with E-state index in [2.05, 4.69) is 28.1 Å². The fourth-order valence-electron chi connectivity index (χ4n) is 2.62. The summed E-state index contributed by atoms with van der Waals surface area (Å²) in [5, 5.41) is 0. The van der Waals surface area contributed by atoms with Crippen molar-refractivity contribution in [2.24, 2.45) is 0 Å². The maximum Gasteiger partial charge on any atom is 0.163 e. The van der Waals surface area contributed by atoms with Crippen molar-refractivity contribution in [3.8, 4) is 5.75 Å². The third-order valence-electron chi connectivity index (χ3n) is 3.87. The molecule has 1 heterocycles. The van der Waals surface area contributed by atoms with Gasteiger partial charge in [0.2, 0.25) is 0 Å². The smallest absolute Gasteiger partial charge is 0.163 e. The Kier molecular flexibility index (Phi) is 4.11. The highest BCUT2D eigenvalue weighted by atomic mass is 79.9. The van der Waals surface area contributed by atoms with E-state index in [0.29, 0.717) is 6.42 Å². The van der Waals surface area contributed by atoms with Crippen LogP contribution in [-0.2, 0) is 12.8 Å². The lowest BCUT2D eigenvalue weighted by Crippen LogP contribution is -2.02. The van der Waals surface area contributed by atoms with Crippen LogP contribution in [0.2, 0.25) is 0 Å². The summed E-state index contributed by atoms with van der Waals surface area (Å²) in [4.78, 5) is 12.3. The van der Waals surface area contributed by atoms with Crippen molar-refractivity contribution >= 4 is 21.7 Å². The molecule has 0 aliphatic carbocycles. The van der Waals surface area contributed by atoms with Crippen molar-refractivity contribution in [2.75, 3.05) is 6.61 Å². The molecule has 2 aromatic carbocycles. The molecule has 1 aliphatic heterocycles. The summed E-state index contributed by atoms with van der Waals surface area (Å²) >= 11 is 3.46. The van der Waals surface area contributed by atoms with Gasteiger partial charge in [-0.3, -0.25) is 4.79 Å². The number of ketones is 1. The normalized spacial score (nSPS) is 12.9. The van der Waals surface area contributed by atoms with Gasteiger partial charge in [0.05, 0.1) is 6.61 Å². The molecule has 0 saturated heterocycles. The predicted octanol–water partition coefficient (Wildman–Crippen LogP) is 4.51. The van der Waals surface area contributed by atoms with Gasteiger partial charge in [0.15, 0.2) is 5.78 Å². The standard InChI is InChI=1S/C18H17BrO2/c1-12-10-14(4-5-16(12)19)17(20)6-2-13-3-7-18-15(11-13)8-9-21-18/h3-5,7,10-11H,2,6,8-9H2,1H3. The van der Waals surface area contributed by atoms with Crippen molar-refractivity contribution < 1.29 is 9.53 Å². The molecule has 2 nitrogen and oxygen atoms in total. The van der Waals surface area contributed by atoms with Crippen LogP contribution in [0.25, 0.3) is 0 Å². The molecule has 0 atom stereocenters. The van der Waals surface area contributed by atoms with Crippen molar-refractivity contribution in [2.45, 2.75) is 26.2 Å². The lowest BCUT2D eigenvalue weighted by atomic mass is 10.00. The molecule has 0 unspecified atom stereocenters. The zero-order chi connectivity index (χ0) is 14.8. The minimum atomic E-state index is 0.197. The SMILES string of the molecule is Cc1cc(C(=O)CCc2ccc3c(c2)CCO3)ccc1Br. The van der Waals surface area contributed by atoms with E-state index in [1.807, 2.05) is 31.2 Å². The van der Waals surface area contributed by atoms with E-state index < -0.39 is 0 Å². The van der Waals surface area contributed by atoms with Crippen molar-refractivity contribution in [3.63, 3.8) is 0 Å². The number of Topliss-reactive ketones (excluding diaryl/α,β-unsaturated/α-hetero) is 1. The van der Waals surface area contributed by atoms with Gasteiger partial charge in [-0.2, -0.15) is 0 Å². The van der Waals surface area contributed by atoms with Gasteiger partial charge in [0.25, 0.3) is 0 Å². The van der Waals surface area contributed by atoms with E-state index in [0.717, 1.165) is 40.8 Å². The number of ether oxygens (including phenoxy) is 1. The van der Waals surface area contributed by atoms with Gasteiger partial charge < -0.3 is 4.74 Å². The summed E-state index contributed by atoms with van der Waals surface area (Å²) in [6.45, 7) is 2.78. The fraction of sp³-hybridized carbons (Fsp3) is 0.278. The zero-order valence-electron chi connectivity index (χ0n) is 12.0. The lowest BCUT2D eigenvalue weighted by Gasteiger charge is -2.06. The first kappa shape index (κ1) is 14.3. The van der Waals surface area contributed by atoms with Crippen LogP contribution in [0.1, 0.15) is 33.5 Å². The largest absolute Gasteiger partial charge is 0.493 e. The van der Waals surface area contributed by atoms with E-state index in [4.69, 9.17) is 4.74 Å². The molecule has 21 heavy (non-hydrogen) atoms. The quantitative estimate of drug-likeness (QED) is 0.763. The Balaban J connectivity index is 1.67. The number of carbonyl (C=O) groups excluding carboxylic acids is 1. The Hall–Kier alpha value is -1.61. The third-order valence-corrected chi connectivity index (χ3v) is 4.76. The third kappa shape index (κ3) is 3.18. The van der Waals surface area contributed by atoms with E-state index >= 15 is 0 Å². The van der Waals surface area contributed by atoms with Crippen molar-refractivity contribution in [3.05, 3.63) is 63.1 Å². The Morgan fingerprint density at radius 1 is 1.24 bits per heavy atom. The van der Waals surface area contributed by atoms with Crippen molar-refractivity contribution in [1.29, 1.82) is 0 Å². The highest BCUT2D eigenvalue weighted by molar-refractivity contribution is 9.10. The first-order valence-electron chi connectivity index (χ1n) is 7.17. The Morgan fingerprint density at radius 3 is 2.90 bits per heavy atom. The van der Waals surface area contributed by atoms with Crippen LogP contribution < -0.4 is 4.74 Å². The molecule has 0 bridgehead atoms. The maximum atomic E-state index is 12.3. The molecular formula is C18H17BrO2. The van der Waals surface area contributed by atoms with E-state index in [1.165, 1.54) is 11.1 Å². The summed E-state index contributed by atoms with van der Waals surface area (Å²) in [7, 11) is 0. The highest BCUT2D eigenvalue weighted by Crippen LogP contribution is 2.26. The second kappa shape index (κ2) is 6.02. The zero-order valence-corrected chi connectivity index (χ0v) is 13.6. The molecule has 0 saturated carbocycles. The van der Waals surface area contributed by atoms with Crippen LogP contribution in [0.5, 0.6) is 5.75 Å². The number of halogens is 1. The van der Waals surface area contributed by atoms with E-state index in [-0.39, 0.29) is 5.78 Å². The number of carbonyl (C=O) groups is 1. The fourth-order valence-corrected chi connectivity index (χ4v) is 2.86. The summed E-state index contributed by atoms with van der Waals surface area (Å²) < 4.78 is 6.54. The highest BCUT2D eigenvalue weighted by Gasteiger charge is 2.13. The molecule has 108 valence electrons. The molecular weight excluding hydrogens is 328 g/mol. The van der Waals surface area contributed by atoms with Gasteiger partial charge in [-0.1, -0.05) is 34.1 Å². The van der Waals surface area contributed by atoms with Crippen LogP contribution in [0.15, 0.2) is 40.9 Å². The van der Waals surface area contributed by atoms with Crippen molar-refractivity contribution in [1.82, 2.24) is 0 Å². The van der Waals surface area contributed by atoms with Crippen LogP contribution in [0, 0.1) is 6.92 Å². The molecule has 0 aromatic heterocycles. The van der Waals surface area contributed by atoms with Crippen LogP contribution in [0.4, 0.5) is 0 Å². The maximum absolute atomic E-state index is 12.3. The van der Waals surface area contributed by atoms with Crippen LogP contribution in [-0.4, -0.2) is 12.4 Å². The van der Waals surface area contributed by atoms with Gasteiger partial charge in [-0.25, -0.2) is 0 Å². The molecule has 3 rings (SSSR count). The minimum Gasteiger partial charge on any atom is -0.493 e. The number of benzene rings is 2. The minimum absolute atomic E-state index is 0.197. The second-order valence-electron chi connectivity index (χ2n) is 5.43. The number of hydrogen-bond acceptors (Lipinski definition) is 2. The Labute approximate surface area is 133 Å². The van der Waals surface area contributed by atoms with Gasteiger partial charge in [0, 0.05) is 22.9 Å². The van der Waals surface area contributed by atoms with E-state index in [9.17, 15) is 4.79 Å². The average molecular weight is 345 g/mol. The second-order valence-corrected chi connectivity index (χ2v) is 6.28. The predicted molar refractivity (Wildman–Crippen MR) is 87.2 cm³/mol. The molecule has 3 heteroatoms. The lowest BCUT2D eigenvalue weighted by molar-refractivity contribution is 0.0982. The first-order chi connectivity index (χ1) is 10.1. The topological polar surface area (TPSA) is 26.3 Å². The monoisotopic (exact) mass is 344 g/mol. The molecule has 0 radical (unpaired) electrons. The Bertz CT molecular complexity index is 692. The number of fused-ring (bicyclic) bond motifs is 1.